The first kappa shape index (κ1) is 26.2. The quantitative estimate of drug-likeness (QED) is 0.160. The lowest BCUT2D eigenvalue weighted by Crippen LogP contribution is -2.20. The van der Waals surface area contributed by atoms with Gasteiger partial charge >= 0.3 is 0 Å². The van der Waals surface area contributed by atoms with E-state index in [9.17, 15) is 9.90 Å². The van der Waals surface area contributed by atoms with Crippen LogP contribution in [0.5, 0.6) is 17.2 Å². The van der Waals surface area contributed by atoms with Crippen LogP contribution in [-0.2, 0) is 4.79 Å². The number of halogens is 1. The average Bonchev–Trinajstić information content (AvgIpc) is 3.34. The fraction of sp³-hybridized carbons (Fsp3) is 0.160. The van der Waals surface area contributed by atoms with Gasteiger partial charge in [0.1, 0.15) is 5.75 Å². The van der Waals surface area contributed by atoms with Crippen molar-refractivity contribution in [1.82, 2.24) is 25.2 Å². The van der Waals surface area contributed by atoms with Gasteiger partial charge in [-0.2, -0.15) is 5.10 Å². The molecule has 2 heterocycles. The summed E-state index contributed by atoms with van der Waals surface area (Å²) in [5.74, 6) is 1.37. The monoisotopic (exact) mass is 582 g/mol. The van der Waals surface area contributed by atoms with Gasteiger partial charge in [-0.15, -0.1) is 10.2 Å². The van der Waals surface area contributed by atoms with E-state index >= 15 is 0 Å². The third kappa shape index (κ3) is 6.46. The van der Waals surface area contributed by atoms with E-state index in [4.69, 9.17) is 9.47 Å². The topological polar surface area (TPSA) is 124 Å². The molecule has 37 heavy (non-hydrogen) atoms. The number of phenols is 1. The molecule has 0 spiro atoms. The number of thioether (sulfide) groups is 1. The number of carbonyl (C=O) groups excluding carboxylic acids is 1. The van der Waals surface area contributed by atoms with Crippen molar-refractivity contribution in [1.29, 1.82) is 0 Å². The molecule has 0 bridgehead atoms. The maximum absolute atomic E-state index is 12.5. The van der Waals surface area contributed by atoms with Crippen LogP contribution in [0.1, 0.15) is 12.5 Å². The van der Waals surface area contributed by atoms with Gasteiger partial charge in [-0.05, 0) is 76.9 Å². The number of pyridine rings is 1. The molecule has 4 rings (SSSR count). The Kier molecular flexibility index (Phi) is 8.75. The van der Waals surface area contributed by atoms with E-state index in [1.807, 2.05) is 47.9 Å². The Morgan fingerprint density at radius 1 is 1.24 bits per heavy atom. The molecule has 10 nitrogen and oxygen atoms in total. The Bertz CT molecular complexity index is 1400. The van der Waals surface area contributed by atoms with E-state index in [0.29, 0.717) is 27.6 Å². The first-order chi connectivity index (χ1) is 18.0. The number of hydrogen-bond acceptors (Lipinski definition) is 9. The van der Waals surface area contributed by atoms with Crippen molar-refractivity contribution >= 4 is 39.8 Å². The van der Waals surface area contributed by atoms with Crippen LogP contribution >= 0.6 is 27.7 Å². The van der Waals surface area contributed by atoms with Gasteiger partial charge in [0.25, 0.3) is 5.91 Å². The van der Waals surface area contributed by atoms with Gasteiger partial charge in [-0.25, -0.2) is 5.43 Å². The summed E-state index contributed by atoms with van der Waals surface area (Å²) in [6.45, 7) is 2.50. The zero-order valence-corrected chi connectivity index (χ0v) is 22.4. The molecule has 4 aromatic rings. The standard InChI is InChI=1S/C25H23BrN6O4S/c1-3-36-19-8-6-18(7-9-19)32-24(17-5-4-10-27-14-17)30-31-25(32)37-15-22(33)29-28-13-16-11-20(26)23(34)21(12-16)35-2/h4-14,34H,3,15H2,1-2H3,(H,29,33)/b28-13+. The number of nitrogens with zero attached hydrogens (tertiary/aromatic N) is 5. The molecule has 0 aliphatic rings. The highest BCUT2D eigenvalue weighted by Crippen LogP contribution is 2.34. The van der Waals surface area contributed by atoms with E-state index in [2.05, 4.69) is 41.6 Å². The number of benzene rings is 2. The van der Waals surface area contributed by atoms with Crippen molar-refractivity contribution in [3.05, 3.63) is 71.0 Å². The minimum absolute atomic E-state index is 0.0117. The second-order valence-electron chi connectivity index (χ2n) is 7.45. The van der Waals surface area contributed by atoms with E-state index in [0.717, 1.165) is 17.0 Å². The van der Waals surface area contributed by atoms with Crippen LogP contribution in [0.3, 0.4) is 0 Å². The first-order valence-corrected chi connectivity index (χ1v) is 12.9. The van der Waals surface area contributed by atoms with Crippen LogP contribution < -0.4 is 14.9 Å². The van der Waals surface area contributed by atoms with Crippen molar-refractivity contribution in [3.8, 4) is 34.3 Å². The summed E-state index contributed by atoms with van der Waals surface area (Å²) in [6.07, 6.45) is 4.86. The van der Waals surface area contributed by atoms with Crippen LogP contribution in [0.2, 0.25) is 0 Å². The molecule has 12 heteroatoms. The molecular weight excluding hydrogens is 560 g/mol. The molecule has 190 valence electrons. The maximum Gasteiger partial charge on any atom is 0.250 e. The first-order valence-electron chi connectivity index (χ1n) is 11.1. The fourth-order valence-corrected chi connectivity index (χ4v) is 4.51. The maximum atomic E-state index is 12.5. The number of ether oxygens (including phenoxy) is 2. The second-order valence-corrected chi connectivity index (χ2v) is 9.24. The number of phenolic OH excluding ortho intramolecular Hbond substituents is 1. The van der Waals surface area contributed by atoms with Crippen LogP contribution in [-0.4, -0.2) is 56.4 Å². The predicted molar refractivity (Wildman–Crippen MR) is 145 cm³/mol. The van der Waals surface area contributed by atoms with Gasteiger partial charge in [0.05, 0.1) is 30.2 Å². The van der Waals surface area contributed by atoms with Gasteiger partial charge < -0.3 is 14.6 Å². The Morgan fingerprint density at radius 3 is 2.76 bits per heavy atom. The summed E-state index contributed by atoms with van der Waals surface area (Å²) >= 11 is 4.49. The van der Waals surface area contributed by atoms with Crippen molar-refractivity contribution in [2.75, 3.05) is 19.5 Å². The van der Waals surface area contributed by atoms with Gasteiger partial charge in [0.15, 0.2) is 22.5 Å². The van der Waals surface area contributed by atoms with Gasteiger partial charge in [-0.3, -0.25) is 14.3 Å². The number of carbonyl (C=O) groups is 1. The zero-order chi connectivity index (χ0) is 26.2. The van der Waals surface area contributed by atoms with Crippen molar-refractivity contribution in [2.45, 2.75) is 12.1 Å². The Labute approximate surface area is 225 Å². The van der Waals surface area contributed by atoms with Gasteiger partial charge in [0, 0.05) is 23.6 Å². The molecule has 0 unspecified atom stereocenters. The minimum atomic E-state index is -0.324. The van der Waals surface area contributed by atoms with Crippen LogP contribution in [0, 0.1) is 0 Å². The lowest BCUT2D eigenvalue weighted by molar-refractivity contribution is -0.118. The number of methoxy groups -OCH3 is 1. The highest BCUT2D eigenvalue weighted by molar-refractivity contribution is 9.10. The average molecular weight is 583 g/mol. The second kappa shape index (κ2) is 12.4. The van der Waals surface area contributed by atoms with Gasteiger partial charge in [-0.1, -0.05) is 11.8 Å². The molecular formula is C25H23BrN6O4S. The summed E-state index contributed by atoms with van der Waals surface area (Å²) in [6, 6.07) is 14.5. The van der Waals surface area contributed by atoms with E-state index < -0.39 is 0 Å². The SMILES string of the molecule is CCOc1ccc(-n2c(SCC(=O)N/N=C/c3cc(Br)c(O)c(OC)c3)nnc2-c2cccnc2)cc1. The molecule has 0 saturated heterocycles. The molecule has 0 saturated carbocycles. The Hall–Kier alpha value is -3.90. The lowest BCUT2D eigenvalue weighted by atomic mass is 10.2. The molecule has 2 N–H and O–H groups in total. The number of aromatic hydroxyl groups is 1. The predicted octanol–water partition coefficient (Wildman–Crippen LogP) is 4.45. The highest BCUT2D eigenvalue weighted by atomic mass is 79.9. The van der Waals surface area contributed by atoms with E-state index in [1.54, 1.807) is 24.5 Å². The molecule has 0 aliphatic heterocycles. The van der Waals surface area contributed by atoms with Crippen LogP contribution in [0.25, 0.3) is 17.1 Å². The summed E-state index contributed by atoms with van der Waals surface area (Å²) < 4.78 is 13.0. The smallest absolute Gasteiger partial charge is 0.250 e. The molecule has 0 aliphatic carbocycles. The van der Waals surface area contributed by atoms with Crippen molar-refractivity contribution in [3.63, 3.8) is 0 Å². The van der Waals surface area contributed by atoms with E-state index in [-0.39, 0.29) is 23.2 Å². The number of hydrogen-bond donors (Lipinski definition) is 2. The minimum Gasteiger partial charge on any atom is -0.503 e. The molecule has 2 aromatic heterocycles. The molecule has 0 fully saturated rings. The molecule has 2 aromatic carbocycles. The normalized spacial score (nSPS) is 11.0. The van der Waals surface area contributed by atoms with Crippen LogP contribution in [0.15, 0.2) is 75.7 Å². The summed E-state index contributed by atoms with van der Waals surface area (Å²) in [5, 5.41) is 23.1. The lowest BCUT2D eigenvalue weighted by Gasteiger charge is -2.11. The van der Waals surface area contributed by atoms with E-state index in [1.165, 1.54) is 25.1 Å². The third-order valence-electron chi connectivity index (χ3n) is 4.96. The molecule has 0 atom stereocenters. The number of aromatic nitrogens is 4. The van der Waals surface area contributed by atoms with Crippen molar-refractivity contribution in [2.24, 2.45) is 5.10 Å². The number of hydrazone groups is 1. The molecule has 1 amide bonds. The van der Waals surface area contributed by atoms with Crippen molar-refractivity contribution < 1.29 is 19.4 Å². The Morgan fingerprint density at radius 2 is 2.05 bits per heavy atom. The van der Waals surface area contributed by atoms with Gasteiger partial charge in [0.2, 0.25) is 0 Å². The largest absolute Gasteiger partial charge is 0.503 e. The summed E-state index contributed by atoms with van der Waals surface area (Å²) in [4.78, 5) is 16.7. The highest BCUT2D eigenvalue weighted by Gasteiger charge is 2.17. The molecule has 0 radical (unpaired) electrons. The Balaban J connectivity index is 1.49. The summed E-state index contributed by atoms with van der Waals surface area (Å²) in [7, 11) is 1.45. The zero-order valence-electron chi connectivity index (χ0n) is 20.0. The third-order valence-corrected chi connectivity index (χ3v) is 6.50. The fourth-order valence-electron chi connectivity index (χ4n) is 3.30. The number of nitrogens with one attached hydrogen (secondary N) is 1. The number of rotatable bonds is 10. The summed E-state index contributed by atoms with van der Waals surface area (Å²) in [5.41, 5.74) is 4.74. The number of amides is 1. The van der Waals surface area contributed by atoms with Crippen LogP contribution in [0.4, 0.5) is 0 Å².